The molecule has 3 aromatic carbocycles. The number of para-hydroxylation sites is 1. The van der Waals surface area contributed by atoms with Crippen LogP contribution in [0.5, 0.6) is 5.75 Å². The van der Waals surface area contributed by atoms with Gasteiger partial charge in [0.25, 0.3) is 11.8 Å². The highest BCUT2D eigenvalue weighted by atomic mass is 35.5. The normalized spacial score (nSPS) is 15.3. The molecule has 208 valence electrons. The van der Waals surface area contributed by atoms with Gasteiger partial charge in [0.1, 0.15) is 18.4 Å². The van der Waals surface area contributed by atoms with Gasteiger partial charge in [-0.2, -0.15) is 4.31 Å². The van der Waals surface area contributed by atoms with Gasteiger partial charge < -0.3 is 9.64 Å². The van der Waals surface area contributed by atoms with Gasteiger partial charge in [-0.25, -0.2) is 13.9 Å². The molecule has 0 fully saturated rings. The molecule has 2 amide bonds. The summed E-state index contributed by atoms with van der Waals surface area (Å²) in [6, 6.07) is 15.3. The summed E-state index contributed by atoms with van der Waals surface area (Å²) >= 11 is 12.3. The molecule has 0 aliphatic carbocycles. The molecule has 4 rings (SSSR count). The minimum Gasteiger partial charge on any atom is -0.481 e. The van der Waals surface area contributed by atoms with E-state index in [0.717, 1.165) is 4.31 Å². The summed E-state index contributed by atoms with van der Waals surface area (Å²) in [5, 5.41) is 9.96. The fourth-order valence-electron chi connectivity index (χ4n) is 4.23. The van der Waals surface area contributed by atoms with Crippen LogP contribution in [0.2, 0.25) is 10.0 Å². The van der Waals surface area contributed by atoms with Gasteiger partial charge in [-0.1, -0.05) is 54.2 Å². The van der Waals surface area contributed by atoms with E-state index < -0.39 is 34.4 Å². The van der Waals surface area contributed by atoms with Gasteiger partial charge in [0.2, 0.25) is 10.0 Å². The number of rotatable bonds is 6. The zero-order chi connectivity index (χ0) is 28.9. The first-order valence-electron chi connectivity index (χ1n) is 12.2. The Kier molecular flexibility index (Phi) is 9.35. The van der Waals surface area contributed by atoms with Crippen LogP contribution in [0.1, 0.15) is 29.3 Å². The molecule has 12 heteroatoms. The molecule has 0 radical (unpaired) electrons. The lowest BCUT2D eigenvalue weighted by atomic mass is 10.1. The number of carbonyl (C=O) groups excluding carboxylic acids is 2. The molecule has 0 spiro atoms. The van der Waals surface area contributed by atoms with Crippen LogP contribution < -0.4 is 15.1 Å². The molecule has 9 nitrogen and oxygen atoms in total. The van der Waals surface area contributed by atoms with Gasteiger partial charge in [0.05, 0.1) is 22.0 Å². The Bertz CT molecular complexity index is 1590. The average molecular weight is 602 g/mol. The van der Waals surface area contributed by atoms with Crippen molar-refractivity contribution in [2.45, 2.75) is 30.8 Å². The number of amides is 2. The number of hydroxylamine groups is 1. The third-order valence-corrected chi connectivity index (χ3v) is 8.59. The van der Waals surface area contributed by atoms with Crippen molar-refractivity contribution in [3.63, 3.8) is 0 Å². The van der Waals surface area contributed by atoms with Gasteiger partial charge in [-0.3, -0.25) is 14.8 Å². The van der Waals surface area contributed by atoms with Crippen LogP contribution in [0, 0.1) is 11.8 Å². The molecule has 1 heterocycles. The topological polar surface area (TPSA) is 116 Å². The maximum atomic E-state index is 13.9. The minimum atomic E-state index is -4.31. The summed E-state index contributed by atoms with van der Waals surface area (Å²) in [5.74, 6) is 4.56. The van der Waals surface area contributed by atoms with E-state index >= 15 is 0 Å². The van der Waals surface area contributed by atoms with Gasteiger partial charge in [0, 0.05) is 23.7 Å². The van der Waals surface area contributed by atoms with Crippen molar-refractivity contribution in [1.82, 2.24) is 9.79 Å². The third-order valence-electron chi connectivity index (χ3n) is 6.17. The second-order valence-corrected chi connectivity index (χ2v) is 11.4. The number of hydrogen-bond acceptors (Lipinski definition) is 6. The van der Waals surface area contributed by atoms with Crippen LogP contribution in [0.25, 0.3) is 0 Å². The Labute approximate surface area is 242 Å². The fourth-order valence-corrected chi connectivity index (χ4v) is 6.27. The lowest BCUT2D eigenvalue weighted by molar-refractivity contribution is -0.133. The first-order valence-corrected chi connectivity index (χ1v) is 14.4. The first kappa shape index (κ1) is 29.4. The second-order valence-electron chi connectivity index (χ2n) is 8.68. The Hall–Kier alpha value is -3.59. The zero-order valence-electron chi connectivity index (χ0n) is 21.3. The van der Waals surface area contributed by atoms with E-state index in [1.54, 1.807) is 29.7 Å². The molecule has 40 heavy (non-hydrogen) atoms. The summed E-state index contributed by atoms with van der Waals surface area (Å²) in [5.41, 5.74) is 2.51. The maximum Gasteiger partial charge on any atom is 0.263 e. The van der Waals surface area contributed by atoms with Gasteiger partial charge >= 0.3 is 0 Å². The molecular formula is C28H25Cl2N3O6S. The predicted octanol–water partition coefficient (Wildman–Crippen LogP) is 4.51. The third kappa shape index (κ3) is 6.25. The molecule has 1 atom stereocenters. The molecule has 1 aliphatic rings. The number of fused-ring (bicyclic) bond motifs is 1. The average Bonchev–Trinajstić information content (AvgIpc) is 3.13. The lowest BCUT2D eigenvalue weighted by Crippen LogP contribution is -2.53. The summed E-state index contributed by atoms with van der Waals surface area (Å²) in [6.07, 6.45) is 0.692. The molecule has 0 aromatic heterocycles. The summed E-state index contributed by atoms with van der Waals surface area (Å²) < 4.78 is 34.3. The molecule has 3 aromatic rings. The van der Waals surface area contributed by atoms with E-state index in [9.17, 15) is 23.2 Å². The SMILES string of the molecule is CCC#CCOc1ccc(S(=O)(=O)N2Cc3ccccc3N(C(=O)c3ccc(Cl)cc3Cl)CC2C(=O)NO)cc1. The van der Waals surface area contributed by atoms with Crippen molar-refractivity contribution in [3.05, 3.63) is 87.9 Å². The highest BCUT2D eigenvalue weighted by Gasteiger charge is 2.41. The predicted molar refractivity (Wildman–Crippen MR) is 151 cm³/mol. The van der Waals surface area contributed by atoms with E-state index in [1.165, 1.54) is 47.4 Å². The van der Waals surface area contributed by atoms with E-state index in [4.69, 9.17) is 27.9 Å². The molecule has 0 saturated heterocycles. The number of halogens is 2. The highest BCUT2D eigenvalue weighted by Crippen LogP contribution is 2.33. The number of sulfonamides is 1. The van der Waals surface area contributed by atoms with Crippen molar-refractivity contribution in [2.75, 3.05) is 18.1 Å². The number of anilines is 1. The highest BCUT2D eigenvalue weighted by molar-refractivity contribution is 7.89. The van der Waals surface area contributed by atoms with Crippen molar-refractivity contribution in [3.8, 4) is 17.6 Å². The second kappa shape index (κ2) is 12.7. The van der Waals surface area contributed by atoms with Gasteiger partial charge in [-0.05, 0) is 54.1 Å². The van der Waals surface area contributed by atoms with Crippen molar-refractivity contribution < 1.29 is 28.0 Å². The van der Waals surface area contributed by atoms with E-state index in [0.29, 0.717) is 28.4 Å². The molecule has 0 saturated carbocycles. The number of hydrogen-bond donors (Lipinski definition) is 2. The van der Waals surface area contributed by atoms with Gasteiger partial charge in [0.15, 0.2) is 0 Å². The first-order chi connectivity index (χ1) is 19.2. The number of ether oxygens (including phenoxy) is 1. The minimum absolute atomic E-state index is 0.0925. The largest absolute Gasteiger partial charge is 0.481 e. The Morgan fingerprint density at radius 3 is 2.48 bits per heavy atom. The van der Waals surface area contributed by atoms with E-state index in [1.807, 2.05) is 6.92 Å². The standard InChI is InChI=1S/C28H25Cl2N3O6S/c1-2-3-6-15-39-21-10-12-22(13-11-21)40(37,38)33-17-19-7-4-5-8-25(19)32(18-26(33)27(34)31-36)28(35)23-14-9-20(29)16-24(23)30/h4-5,7-14,16,26,36H,2,15,17-18H2,1H3,(H,31,34). The number of nitrogens with zero attached hydrogens (tertiary/aromatic N) is 2. The molecular weight excluding hydrogens is 577 g/mol. The number of nitrogens with one attached hydrogen (secondary N) is 1. The summed E-state index contributed by atoms with van der Waals surface area (Å²) in [6.45, 7) is 1.42. The maximum absolute atomic E-state index is 13.9. The monoisotopic (exact) mass is 601 g/mol. The quantitative estimate of drug-likeness (QED) is 0.244. The van der Waals surface area contributed by atoms with Crippen molar-refractivity contribution in [2.24, 2.45) is 0 Å². The van der Waals surface area contributed by atoms with Crippen LogP contribution in [0.15, 0.2) is 71.6 Å². The van der Waals surface area contributed by atoms with E-state index in [2.05, 4.69) is 11.8 Å². The molecule has 1 aliphatic heterocycles. The van der Waals surface area contributed by atoms with E-state index in [-0.39, 0.29) is 28.6 Å². The number of carbonyl (C=O) groups is 2. The van der Waals surface area contributed by atoms with Crippen molar-refractivity contribution >= 4 is 50.7 Å². The smallest absolute Gasteiger partial charge is 0.263 e. The number of benzene rings is 3. The van der Waals surface area contributed by atoms with Crippen LogP contribution in [-0.2, 0) is 21.4 Å². The summed E-state index contributed by atoms with van der Waals surface area (Å²) in [4.78, 5) is 27.8. The molecule has 2 N–H and O–H groups in total. The van der Waals surface area contributed by atoms with Gasteiger partial charge in [-0.15, -0.1) is 5.92 Å². The lowest BCUT2D eigenvalue weighted by Gasteiger charge is -2.29. The fraction of sp³-hybridized carbons (Fsp3) is 0.214. The van der Waals surface area contributed by atoms with Crippen LogP contribution in [0.3, 0.4) is 0 Å². The zero-order valence-corrected chi connectivity index (χ0v) is 23.6. The van der Waals surface area contributed by atoms with Crippen molar-refractivity contribution in [1.29, 1.82) is 0 Å². The van der Waals surface area contributed by atoms with Crippen LogP contribution in [-0.4, -0.2) is 48.9 Å². The molecule has 0 bridgehead atoms. The Morgan fingerprint density at radius 2 is 1.80 bits per heavy atom. The summed E-state index contributed by atoms with van der Waals surface area (Å²) in [7, 11) is -4.31. The Morgan fingerprint density at radius 1 is 1.07 bits per heavy atom. The van der Waals surface area contributed by atoms with Crippen LogP contribution >= 0.6 is 23.2 Å². The molecule has 1 unspecified atom stereocenters. The van der Waals surface area contributed by atoms with Crippen LogP contribution in [0.4, 0.5) is 5.69 Å². The Balaban J connectivity index is 1.74.